The van der Waals surface area contributed by atoms with Crippen LogP contribution >= 0.6 is 0 Å². The first-order valence-corrected chi connectivity index (χ1v) is 10.3. The molecule has 1 aliphatic heterocycles. The number of likely N-dealkylation sites (N-methyl/N-ethyl adjacent to an activating group) is 1. The second-order valence-electron chi connectivity index (χ2n) is 6.60. The lowest BCUT2D eigenvalue weighted by atomic mass is 10.2. The summed E-state index contributed by atoms with van der Waals surface area (Å²) in [6.45, 7) is 1.60. The Morgan fingerprint density at radius 3 is 2.96 bits per heavy atom. The van der Waals surface area contributed by atoms with Crippen molar-refractivity contribution in [3.05, 3.63) is 30.6 Å². The van der Waals surface area contributed by atoms with Crippen LogP contribution in [0.15, 0.2) is 30.6 Å². The highest BCUT2D eigenvalue weighted by atomic mass is 32.2. The van der Waals surface area contributed by atoms with E-state index in [2.05, 4.69) is 14.9 Å². The fraction of sp³-hybridized carbons (Fsp3) is 0.529. The van der Waals surface area contributed by atoms with Gasteiger partial charge >= 0.3 is 0 Å². The van der Waals surface area contributed by atoms with Crippen molar-refractivity contribution >= 4 is 26.8 Å². The number of imidazole rings is 1. The molecule has 1 saturated heterocycles. The van der Waals surface area contributed by atoms with Crippen molar-refractivity contribution in [2.75, 3.05) is 31.6 Å². The summed E-state index contributed by atoms with van der Waals surface area (Å²) >= 11 is 0. The zero-order chi connectivity index (χ0) is 17.9. The molecule has 1 unspecified atom stereocenters. The number of aromatic nitrogens is 2. The normalized spacial score (nSPS) is 19.5. The van der Waals surface area contributed by atoms with Crippen LogP contribution in [-0.4, -0.2) is 66.5 Å². The minimum atomic E-state index is -2.92. The van der Waals surface area contributed by atoms with Gasteiger partial charge in [-0.1, -0.05) is 12.1 Å². The summed E-state index contributed by atoms with van der Waals surface area (Å²) in [6.07, 6.45) is 3.24. The van der Waals surface area contributed by atoms with Gasteiger partial charge in [-0.2, -0.15) is 0 Å². The molecule has 1 amide bonds. The molecular formula is C17H24N4O3S. The molecule has 3 rings (SSSR count). The lowest BCUT2D eigenvalue weighted by molar-refractivity contribution is -0.122. The molecular weight excluding hydrogens is 340 g/mol. The Bertz CT molecular complexity index is 846. The molecule has 1 aliphatic rings. The van der Waals surface area contributed by atoms with Crippen molar-refractivity contribution in [3.8, 4) is 0 Å². The van der Waals surface area contributed by atoms with Crippen LogP contribution in [0.4, 0.5) is 0 Å². The van der Waals surface area contributed by atoms with Crippen molar-refractivity contribution in [1.29, 1.82) is 0 Å². The number of rotatable bonds is 7. The Balaban J connectivity index is 1.39. The van der Waals surface area contributed by atoms with Gasteiger partial charge in [0, 0.05) is 19.1 Å². The number of sulfone groups is 1. The van der Waals surface area contributed by atoms with Gasteiger partial charge in [-0.25, -0.2) is 13.4 Å². The molecule has 1 fully saturated rings. The number of hydrogen-bond acceptors (Lipinski definition) is 5. The number of amides is 1. The number of nitrogens with one attached hydrogen (secondary N) is 1. The molecule has 0 spiro atoms. The molecule has 7 nitrogen and oxygen atoms in total. The molecule has 1 atom stereocenters. The predicted molar refractivity (Wildman–Crippen MR) is 97.0 cm³/mol. The quantitative estimate of drug-likeness (QED) is 0.730. The van der Waals surface area contributed by atoms with Crippen LogP contribution in [-0.2, 0) is 21.2 Å². The first kappa shape index (κ1) is 17.9. The number of carbonyl (C=O) groups excluding carboxylic acids is 1. The summed E-state index contributed by atoms with van der Waals surface area (Å²) in [6, 6.07) is 7.92. The molecule has 0 radical (unpaired) electrons. The van der Waals surface area contributed by atoms with Crippen LogP contribution < -0.4 is 5.32 Å². The Kier molecular flexibility index (Phi) is 5.39. The van der Waals surface area contributed by atoms with Gasteiger partial charge in [0.15, 0.2) is 9.84 Å². The number of nitrogens with zero attached hydrogens (tertiary/aromatic N) is 3. The van der Waals surface area contributed by atoms with Gasteiger partial charge in [0.1, 0.15) is 0 Å². The number of benzene rings is 1. The Hall–Kier alpha value is -1.93. The van der Waals surface area contributed by atoms with Crippen LogP contribution in [0, 0.1) is 0 Å². The van der Waals surface area contributed by atoms with Gasteiger partial charge in [0.2, 0.25) is 5.91 Å². The fourth-order valence-electron chi connectivity index (χ4n) is 3.20. The molecule has 1 N–H and O–H groups in total. The summed E-state index contributed by atoms with van der Waals surface area (Å²) in [5.74, 6) is 0.315. The van der Waals surface area contributed by atoms with E-state index in [4.69, 9.17) is 0 Å². The zero-order valence-electron chi connectivity index (χ0n) is 14.4. The smallest absolute Gasteiger partial charge is 0.234 e. The van der Waals surface area contributed by atoms with Gasteiger partial charge in [0.05, 0.1) is 35.4 Å². The molecule has 2 heterocycles. The molecule has 1 aromatic carbocycles. The molecule has 25 heavy (non-hydrogen) atoms. The predicted octanol–water partition coefficient (Wildman–Crippen LogP) is 0.662. The third kappa shape index (κ3) is 4.58. The van der Waals surface area contributed by atoms with Gasteiger partial charge in [-0.15, -0.1) is 0 Å². The largest absolute Gasteiger partial charge is 0.355 e. The summed E-state index contributed by atoms with van der Waals surface area (Å²) < 4.78 is 25.1. The lowest BCUT2D eigenvalue weighted by Crippen LogP contribution is -2.41. The first-order valence-electron chi connectivity index (χ1n) is 8.52. The number of para-hydroxylation sites is 2. The Labute approximate surface area is 147 Å². The van der Waals surface area contributed by atoms with Crippen molar-refractivity contribution in [2.24, 2.45) is 0 Å². The third-order valence-electron chi connectivity index (χ3n) is 4.65. The number of aryl methyl sites for hydroxylation is 1. The van der Waals surface area contributed by atoms with Crippen molar-refractivity contribution in [1.82, 2.24) is 19.8 Å². The van der Waals surface area contributed by atoms with Crippen molar-refractivity contribution in [3.63, 3.8) is 0 Å². The summed E-state index contributed by atoms with van der Waals surface area (Å²) in [7, 11) is -1.11. The summed E-state index contributed by atoms with van der Waals surface area (Å²) in [4.78, 5) is 18.2. The minimum Gasteiger partial charge on any atom is -0.355 e. The van der Waals surface area contributed by atoms with Crippen molar-refractivity contribution < 1.29 is 13.2 Å². The molecule has 8 heteroatoms. The SMILES string of the molecule is CN(CC(=O)NCCCn1cnc2ccccc21)C1CCS(=O)(=O)C1. The number of hydrogen-bond donors (Lipinski definition) is 1. The summed E-state index contributed by atoms with van der Waals surface area (Å²) in [5, 5.41) is 2.90. The van der Waals surface area contributed by atoms with Crippen LogP contribution in [0.3, 0.4) is 0 Å². The highest BCUT2D eigenvalue weighted by molar-refractivity contribution is 7.91. The van der Waals surface area contributed by atoms with Crippen LogP contribution in [0.1, 0.15) is 12.8 Å². The number of carbonyl (C=O) groups is 1. The van der Waals surface area contributed by atoms with Gasteiger partial charge in [0.25, 0.3) is 0 Å². The van der Waals surface area contributed by atoms with Crippen LogP contribution in [0.2, 0.25) is 0 Å². The van der Waals surface area contributed by atoms with E-state index in [0.29, 0.717) is 13.0 Å². The zero-order valence-corrected chi connectivity index (χ0v) is 15.2. The van der Waals surface area contributed by atoms with E-state index in [1.807, 2.05) is 42.5 Å². The molecule has 0 aliphatic carbocycles. The second-order valence-corrected chi connectivity index (χ2v) is 8.83. The Morgan fingerprint density at radius 1 is 1.40 bits per heavy atom. The average molecular weight is 364 g/mol. The first-order chi connectivity index (χ1) is 11.9. The molecule has 136 valence electrons. The summed E-state index contributed by atoms with van der Waals surface area (Å²) in [5.41, 5.74) is 2.07. The maximum Gasteiger partial charge on any atom is 0.234 e. The molecule has 0 bridgehead atoms. The van der Waals surface area contributed by atoms with Gasteiger partial charge < -0.3 is 9.88 Å². The number of fused-ring (bicyclic) bond motifs is 1. The monoisotopic (exact) mass is 364 g/mol. The lowest BCUT2D eigenvalue weighted by Gasteiger charge is -2.22. The molecule has 0 saturated carbocycles. The average Bonchev–Trinajstić information content (AvgIpc) is 3.15. The standard InChI is InChI=1S/C17H24N4O3S/c1-20(14-7-10-25(23,24)12-14)11-17(22)18-8-4-9-21-13-19-15-5-2-3-6-16(15)21/h2-3,5-6,13-14H,4,7-12H2,1H3,(H,18,22). The minimum absolute atomic E-state index is 0.0481. The van der Waals surface area contributed by atoms with E-state index in [1.54, 1.807) is 0 Å². The highest BCUT2D eigenvalue weighted by Crippen LogP contribution is 2.16. The second kappa shape index (κ2) is 7.53. The van der Waals surface area contributed by atoms with E-state index >= 15 is 0 Å². The fourth-order valence-corrected chi connectivity index (χ4v) is 5.01. The van der Waals surface area contributed by atoms with Crippen LogP contribution in [0.5, 0.6) is 0 Å². The third-order valence-corrected chi connectivity index (χ3v) is 6.40. The van der Waals surface area contributed by atoms with E-state index < -0.39 is 9.84 Å². The highest BCUT2D eigenvalue weighted by Gasteiger charge is 2.31. The Morgan fingerprint density at radius 2 is 2.20 bits per heavy atom. The van der Waals surface area contributed by atoms with E-state index in [9.17, 15) is 13.2 Å². The topological polar surface area (TPSA) is 84.3 Å². The maximum absolute atomic E-state index is 12.0. The molecule has 1 aromatic heterocycles. The van der Waals surface area contributed by atoms with Gasteiger partial charge in [-0.05, 0) is 32.0 Å². The van der Waals surface area contributed by atoms with E-state index in [0.717, 1.165) is 24.0 Å². The van der Waals surface area contributed by atoms with Crippen LogP contribution in [0.25, 0.3) is 11.0 Å². The maximum atomic E-state index is 12.0. The van der Waals surface area contributed by atoms with E-state index in [-0.39, 0.29) is 30.0 Å². The van der Waals surface area contributed by atoms with Gasteiger partial charge in [-0.3, -0.25) is 9.69 Å². The molecule has 2 aromatic rings. The van der Waals surface area contributed by atoms with Crippen molar-refractivity contribution in [2.45, 2.75) is 25.4 Å². The van der Waals surface area contributed by atoms with E-state index in [1.165, 1.54) is 0 Å².